The average Bonchev–Trinajstić information content (AvgIpc) is 2.41. The minimum Gasteiger partial charge on any atom is -0.492 e. The molecule has 0 radical (unpaired) electrons. The van der Waals surface area contributed by atoms with E-state index in [9.17, 15) is 12.8 Å². The molecule has 0 saturated heterocycles. The van der Waals surface area contributed by atoms with Crippen molar-refractivity contribution in [3.8, 4) is 5.75 Å². The summed E-state index contributed by atoms with van der Waals surface area (Å²) in [6.07, 6.45) is 1.24. The first-order valence-electron chi connectivity index (χ1n) is 5.61. The Balaban J connectivity index is 2.38. The van der Waals surface area contributed by atoms with Crippen LogP contribution in [0, 0.1) is 5.82 Å². The maximum Gasteiger partial charge on any atom is 0.262 e. The van der Waals surface area contributed by atoms with Gasteiger partial charge in [-0.2, -0.15) is 0 Å². The molecule has 0 aliphatic carbocycles. The Morgan fingerprint density at radius 1 is 1.38 bits per heavy atom. The standard InChI is InChI=1S/C12H11ClFN3O3S/c1-20-12-9(14)4-8(5-10(12)15)21(18,19)17-7-2-3-11(13)16-6-7/h2-6,17H,15H2,1H3. The summed E-state index contributed by atoms with van der Waals surface area (Å²) >= 11 is 5.61. The minimum absolute atomic E-state index is 0.118. The number of methoxy groups -OCH3 is 1. The Morgan fingerprint density at radius 2 is 2.10 bits per heavy atom. The summed E-state index contributed by atoms with van der Waals surface area (Å²) < 4.78 is 45.0. The second-order valence-corrected chi connectivity index (χ2v) is 6.07. The molecule has 112 valence electrons. The number of halogens is 2. The van der Waals surface area contributed by atoms with Gasteiger partial charge in [0.15, 0.2) is 11.6 Å². The lowest BCUT2D eigenvalue weighted by atomic mass is 10.3. The molecule has 0 atom stereocenters. The maximum absolute atomic E-state index is 13.7. The average molecular weight is 332 g/mol. The van der Waals surface area contributed by atoms with Gasteiger partial charge in [-0.25, -0.2) is 17.8 Å². The number of nitrogens with two attached hydrogens (primary N) is 1. The van der Waals surface area contributed by atoms with E-state index in [4.69, 9.17) is 22.1 Å². The molecule has 0 saturated carbocycles. The SMILES string of the molecule is COc1c(N)cc(S(=O)(=O)Nc2ccc(Cl)nc2)cc1F. The number of benzene rings is 1. The summed E-state index contributed by atoms with van der Waals surface area (Å²) in [6, 6.07) is 4.77. The number of ether oxygens (including phenoxy) is 1. The number of anilines is 2. The zero-order chi connectivity index (χ0) is 15.6. The van der Waals surface area contributed by atoms with Crippen molar-refractivity contribution >= 4 is 33.0 Å². The molecule has 21 heavy (non-hydrogen) atoms. The summed E-state index contributed by atoms with van der Waals surface area (Å²) in [5.74, 6) is -1.07. The molecule has 0 amide bonds. The highest BCUT2D eigenvalue weighted by atomic mass is 35.5. The van der Waals surface area contributed by atoms with Gasteiger partial charge < -0.3 is 10.5 Å². The third-order valence-electron chi connectivity index (χ3n) is 2.54. The van der Waals surface area contributed by atoms with Crippen LogP contribution in [0.4, 0.5) is 15.8 Å². The van der Waals surface area contributed by atoms with E-state index in [0.717, 1.165) is 12.1 Å². The summed E-state index contributed by atoms with van der Waals surface area (Å²) in [5, 5.41) is 0.220. The number of aromatic nitrogens is 1. The Bertz CT molecular complexity index is 743. The van der Waals surface area contributed by atoms with Crippen LogP contribution >= 0.6 is 11.6 Å². The van der Waals surface area contributed by atoms with Crippen LogP contribution in [0.3, 0.4) is 0 Å². The van der Waals surface area contributed by atoms with Gasteiger partial charge in [0.1, 0.15) is 5.15 Å². The Kier molecular flexibility index (Phi) is 4.19. The number of sulfonamides is 1. The summed E-state index contributed by atoms with van der Waals surface area (Å²) in [5.41, 5.74) is 5.63. The zero-order valence-corrected chi connectivity index (χ0v) is 12.4. The van der Waals surface area contributed by atoms with Gasteiger partial charge in [-0.15, -0.1) is 0 Å². The van der Waals surface area contributed by atoms with E-state index in [1.165, 1.54) is 25.4 Å². The first-order valence-corrected chi connectivity index (χ1v) is 7.47. The van der Waals surface area contributed by atoms with Crippen LogP contribution in [0.2, 0.25) is 5.15 Å². The van der Waals surface area contributed by atoms with E-state index >= 15 is 0 Å². The number of rotatable bonds is 4. The monoisotopic (exact) mass is 331 g/mol. The predicted octanol–water partition coefficient (Wildman–Crippen LogP) is 2.27. The van der Waals surface area contributed by atoms with Crippen LogP contribution < -0.4 is 15.2 Å². The third-order valence-corrected chi connectivity index (χ3v) is 4.12. The fourth-order valence-corrected chi connectivity index (χ4v) is 2.81. The second kappa shape index (κ2) is 5.74. The van der Waals surface area contributed by atoms with Crippen LogP contribution in [-0.4, -0.2) is 20.5 Å². The lowest BCUT2D eigenvalue weighted by molar-refractivity contribution is 0.388. The molecule has 0 unspecified atom stereocenters. The van der Waals surface area contributed by atoms with Gasteiger partial charge in [0.2, 0.25) is 0 Å². The van der Waals surface area contributed by atoms with E-state index in [2.05, 4.69) is 9.71 Å². The van der Waals surface area contributed by atoms with Crippen LogP contribution in [-0.2, 0) is 10.0 Å². The van der Waals surface area contributed by atoms with Gasteiger partial charge >= 0.3 is 0 Å². The molecule has 3 N–H and O–H groups in total. The molecular weight excluding hydrogens is 321 g/mol. The number of nitrogens with zero attached hydrogens (tertiary/aromatic N) is 1. The van der Waals surface area contributed by atoms with E-state index in [1.807, 2.05) is 0 Å². The molecule has 0 bridgehead atoms. The van der Waals surface area contributed by atoms with Gasteiger partial charge in [-0.05, 0) is 24.3 Å². The predicted molar refractivity (Wildman–Crippen MR) is 77.4 cm³/mol. The van der Waals surface area contributed by atoms with Crippen LogP contribution in [0.25, 0.3) is 0 Å². The van der Waals surface area contributed by atoms with Crippen LogP contribution in [0.5, 0.6) is 5.75 Å². The van der Waals surface area contributed by atoms with Crippen molar-refractivity contribution in [1.29, 1.82) is 0 Å². The molecule has 2 rings (SSSR count). The zero-order valence-electron chi connectivity index (χ0n) is 10.8. The summed E-state index contributed by atoms with van der Waals surface area (Å²) in [6.45, 7) is 0. The van der Waals surface area contributed by atoms with Gasteiger partial charge in [-0.1, -0.05) is 11.6 Å². The third kappa shape index (κ3) is 3.34. The smallest absolute Gasteiger partial charge is 0.262 e. The molecule has 1 heterocycles. The van der Waals surface area contributed by atoms with E-state index in [1.54, 1.807) is 0 Å². The van der Waals surface area contributed by atoms with Crippen molar-refractivity contribution in [3.63, 3.8) is 0 Å². The molecule has 0 aliphatic heterocycles. The van der Waals surface area contributed by atoms with Gasteiger partial charge in [0.05, 0.1) is 29.6 Å². The summed E-state index contributed by atoms with van der Waals surface area (Å²) in [7, 11) is -2.77. The number of nitrogens with one attached hydrogen (secondary N) is 1. The fourth-order valence-electron chi connectivity index (χ4n) is 1.61. The van der Waals surface area contributed by atoms with E-state index in [-0.39, 0.29) is 27.2 Å². The van der Waals surface area contributed by atoms with Crippen molar-refractivity contribution in [2.45, 2.75) is 4.90 Å². The molecular formula is C12H11ClFN3O3S. The molecule has 1 aromatic heterocycles. The fraction of sp³-hybridized carbons (Fsp3) is 0.0833. The van der Waals surface area contributed by atoms with Gasteiger partial charge in [0.25, 0.3) is 10.0 Å². The topological polar surface area (TPSA) is 94.3 Å². The van der Waals surface area contributed by atoms with Crippen molar-refractivity contribution in [2.24, 2.45) is 0 Å². The molecule has 2 aromatic rings. The number of hydrogen-bond donors (Lipinski definition) is 2. The van der Waals surface area contributed by atoms with Crippen LogP contribution in [0.1, 0.15) is 0 Å². The maximum atomic E-state index is 13.7. The van der Waals surface area contributed by atoms with Crippen molar-refractivity contribution in [1.82, 2.24) is 4.98 Å². The molecule has 6 nitrogen and oxygen atoms in total. The van der Waals surface area contributed by atoms with Gasteiger partial charge in [0, 0.05) is 0 Å². The second-order valence-electron chi connectivity index (χ2n) is 4.00. The molecule has 0 spiro atoms. The Labute approximate surface area is 125 Å². The largest absolute Gasteiger partial charge is 0.492 e. The lowest BCUT2D eigenvalue weighted by Crippen LogP contribution is -2.14. The highest BCUT2D eigenvalue weighted by molar-refractivity contribution is 7.92. The van der Waals surface area contributed by atoms with Gasteiger partial charge in [-0.3, -0.25) is 4.72 Å². The quantitative estimate of drug-likeness (QED) is 0.662. The first kappa shape index (κ1) is 15.3. The first-order chi connectivity index (χ1) is 9.83. The molecule has 0 aliphatic rings. The summed E-state index contributed by atoms with van der Waals surface area (Å²) in [4.78, 5) is 3.41. The molecule has 0 fully saturated rings. The van der Waals surface area contributed by atoms with E-state index in [0.29, 0.717) is 0 Å². The van der Waals surface area contributed by atoms with Crippen molar-refractivity contribution < 1.29 is 17.5 Å². The molecule has 1 aromatic carbocycles. The Hall–Kier alpha value is -2.06. The van der Waals surface area contributed by atoms with Crippen LogP contribution in [0.15, 0.2) is 35.4 Å². The normalized spacial score (nSPS) is 11.2. The minimum atomic E-state index is -4.00. The molecule has 9 heteroatoms. The number of hydrogen-bond acceptors (Lipinski definition) is 5. The van der Waals surface area contributed by atoms with Crippen molar-refractivity contribution in [3.05, 3.63) is 41.4 Å². The lowest BCUT2D eigenvalue weighted by Gasteiger charge is -2.11. The van der Waals surface area contributed by atoms with E-state index < -0.39 is 15.8 Å². The highest BCUT2D eigenvalue weighted by Crippen LogP contribution is 2.29. The highest BCUT2D eigenvalue weighted by Gasteiger charge is 2.19. The number of pyridine rings is 1. The van der Waals surface area contributed by atoms with Crippen molar-refractivity contribution in [2.75, 3.05) is 17.6 Å². The number of nitrogen functional groups attached to an aromatic ring is 1. The Morgan fingerprint density at radius 3 is 2.62 bits per heavy atom.